The van der Waals surface area contributed by atoms with Crippen LogP contribution in [-0.4, -0.2) is 24.6 Å². The summed E-state index contributed by atoms with van der Waals surface area (Å²) < 4.78 is 82.5. The van der Waals surface area contributed by atoms with Gasteiger partial charge in [-0.3, -0.25) is 0 Å². The number of halogens is 6. The molecule has 2 rings (SSSR count). The molecule has 1 heterocycles. The van der Waals surface area contributed by atoms with E-state index in [1.165, 1.54) is 0 Å². The van der Waals surface area contributed by atoms with Gasteiger partial charge in [-0.2, -0.15) is 13.2 Å². The Morgan fingerprint density at radius 3 is 2.32 bits per heavy atom. The average molecular weight is 327 g/mol. The number of hydrogen-bond acceptors (Lipinski definition) is 4. The number of hydrogen-bond donors (Lipinski definition) is 0. The van der Waals surface area contributed by atoms with Gasteiger partial charge >= 0.3 is 12.5 Å². The molecule has 1 aromatic carbocycles. The fourth-order valence-electron chi connectivity index (χ4n) is 1.79. The van der Waals surface area contributed by atoms with Crippen molar-refractivity contribution in [3.8, 4) is 11.5 Å². The lowest BCUT2D eigenvalue weighted by Crippen LogP contribution is -2.44. The van der Waals surface area contributed by atoms with Crippen molar-refractivity contribution < 1.29 is 45.7 Å². The highest BCUT2D eigenvalue weighted by Crippen LogP contribution is 2.39. The van der Waals surface area contributed by atoms with Gasteiger partial charge in [0.25, 0.3) is 0 Å². The predicted molar refractivity (Wildman–Crippen MR) is 56.6 cm³/mol. The predicted octanol–water partition coefficient (Wildman–Crippen LogP) is 2.04. The zero-order valence-electron chi connectivity index (χ0n) is 10.3. The Kier molecular flexibility index (Phi) is 3.71. The second kappa shape index (κ2) is 5.11. The fourth-order valence-corrected chi connectivity index (χ4v) is 1.79. The van der Waals surface area contributed by atoms with E-state index in [2.05, 4.69) is 9.47 Å². The third kappa shape index (κ3) is 3.43. The highest BCUT2D eigenvalue weighted by Gasteiger charge is 2.46. The summed E-state index contributed by atoms with van der Waals surface area (Å²) >= 11 is 0. The monoisotopic (exact) mass is 327 g/mol. The van der Waals surface area contributed by atoms with E-state index >= 15 is 0 Å². The Labute approximate surface area is 118 Å². The summed E-state index contributed by atoms with van der Waals surface area (Å²) in [4.78, 5) is 10.8. The lowest BCUT2D eigenvalue weighted by molar-refractivity contribution is -0.302. The molecular formula is C12H5F6O4-. The summed E-state index contributed by atoms with van der Waals surface area (Å²) in [6.45, 7) is 0. The first-order valence-electron chi connectivity index (χ1n) is 5.53. The molecule has 120 valence electrons. The number of benzene rings is 1. The molecule has 1 aliphatic heterocycles. The van der Waals surface area contributed by atoms with Crippen LogP contribution in [0.5, 0.6) is 11.5 Å². The van der Waals surface area contributed by atoms with Crippen LogP contribution in [0.4, 0.5) is 26.3 Å². The summed E-state index contributed by atoms with van der Waals surface area (Å²) in [7, 11) is 0. The average Bonchev–Trinajstić information content (AvgIpc) is 2.33. The van der Waals surface area contributed by atoms with Crippen LogP contribution in [0.15, 0.2) is 23.8 Å². The number of carbonyl (C=O) groups is 1. The van der Waals surface area contributed by atoms with Crippen molar-refractivity contribution in [3.05, 3.63) is 29.3 Å². The molecule has 4 nitrogen and oxygen atoms in total. The van der Waals surface area contributed by atoms with E-state index in [0.717, 1.165) is 12.1 Å². The first kappa shape index (κ1) is 16.0. The molecule has 1 atom stereocenters. The molecule has 0 aliphatic carbocycles. The van der Waals surface area contributed by atoms with Crippen molar-refractivity contribution in [2.45, 2.75) is 18.6 Å². The molecule has 0 spiro atoms. The van der Waals surface area contributed by atoms with Crippen molar-refractivity contribution in [1.82, 2.24) is 0 Å². The Bertz CT molecular complexity index is 631. The molecule has 0 unspecified atom stereocenters. The third-order valence-electron chi connectivity index (χ3n) is 2.59. The van der Waals surface area contributed by atoms with Gasteiger partial charge in [-0.25, -0.2) is 0 Å². The number of carboxylic acids is 1. The Balaban J connectivity index is 2.43. The van der Waals surface area contributed by atoms with E-state index < -0.39 is 41.7 Å². The maximum Gasteiger partial charge on any atom is 0.573 e. The van der Waals surface area contributed by atoms with Crippen LogP contribution < -0.4 is 14.6 Å². The molecule has 0 saturated heterocycles. The lowest BCUT2D eigenvalue weighted by Gasteiger charge is -2.29. The SMILES string of the molecule is O=C([O-])C1=Cc2cc(OC(F)(F)F)ccc2O[C@@H]1C(F)(F)F. The van der Waals surface area contributed by atoms with Crippen molar-refractivity contribution >= 4 is 12.0 Å². The van der Waals surface area contributed by atoms with Crippen LogP contribution in [0.1, 0.15) is 5.56 Å². The van der Waals surface area contributed by atoms with Gasteiger partial charge < -0.3 is 19.4 Å². The van der Waals surface area contributed by atoms with Crippen molar-refractivity contribution in [2.24, 2.45) is 0 Å². The molecule has 10 heteroatoms. The second-order valence-electron chi connectivity index (χ2n) is 4.17. The third-order valence-corrected chi connectivity index (χ3v) is 2.59. The van der Waals surface area contributed by atoms with Gasteiger partial charge in [0.2, 0.25) is 6.10 Å². The Hall–Kier alpha value is -2.39. The maximum atomic E-state index is 12.7. The lowest BCUT2D eigenvalue weighted by atomic mass is 10.0. The fraction of sp³-hybridized carbons (Fsp3) is 0.250. The van der Waals surface area contributed by atoms with Crippen molar-refractivity contribution in [3.63, 3.8) is 0 Å². The topological polar surface area (TPSA) is 58.6 Å². The summed E-state index contributed by atoms with van der Waals surface area (Å²) in [5.41, 5.74) is -1.55. The smallest absolute Gasteiger partial charge is 0.545 e. The van der Waals surface area contributed by atoms with Gasteiger partial charge in [-0.1, -0.05) is 0 Å². The highest BCUT2D eigenvalue weighted by molar-refractivity contribution is 5.93. The standard InChI is InChI=1S/C12H6F6O4/c13-11(14,15)9-7(10(19)20)4-5-3-6(22-12(16,17)18)1-2-8(5)21-9/h1-4,9H,(H,19,20)/p-1/t9-/m0/s1. The van der Waals surface area contributed by atoms with Gasteiger partial charge in [-0.05, 0) is 24.3 Å². The minimum absolute atomic E-state index is 0.304. The molecule has 0 aromatic heterocycles. The molecule has 1 aromatic rings. The van der Waals surface area contributed by atoms with Crippen LogP contribution in [0, 0.1) is 0 Å². The largest absolute Gasteiger partial charge is 0.573 e. The van der Waals surface area contributed by atoms with Crippen LogP contribution in [0.25, 0.3) is 6.08 Å². The molecule has 0 saturated carbocycles. The number of rotatable bonds is 2. The molecule has 22 heavy (non-hydrogen) atoms. The van der Waals surface area contributed by atoms with E-state index in [1.807, 2.05) is 0 Å². The Morgan fingerprint density at radius 2 is 1.82 bits per heavy atom. The molecule has 0 radical (unpaired) electrons. The van der Waals surface area contributed by atoms with Gasteiger partial charge in [0.1, 0.15) is 11.5 Å². The molecule has 1 aliphatic rings. The molecule has 0 bridgehead atoms. The molecular weight excluding hydrogens is 322 g/mol. The van der Waals surface area contributed by atoms with Gasteiger partial charge in [-0.15, -0.1) is 13.2 Å². The summed E-state index contributed by atoms with van der Waals surface area (Å²) in [6.07, 6.45) is -12.3. The van der Waals surface area contributed by atoms with Crippen LogP contribution in [0.2, 0.25) is 0 Å². The van der Waals surface area contributed by atoms with E-state index in [9.17, 15) is 36.2 Å². The normalized spacial score (nSPS) is 18.1. The summed E-state index contributed by atoms with van der Waals surface area (Å²) in [6, 6.07) is 2.27. The first-order chi connectivity index (χ1) is 9.97. The van der Waals surface area contributed by atoms with Crippen LogP contribution >= 0.6 is 0 Å². The van der Waals surface area contributed by atoms with Crippen molar-refractivity contribution in [1.29, 1.82) is 0 Å². The summed E-state index contributed by atoms with van der Waals surface area (Å²) in [5.74, 6) is -3.30. The zero-order chi connectivity index (χ0) is 16.7. The van der Waals surface area contributed by atoms with E-state index in [-0.39, 0.29) is 5.56 Å². The number of carbonyl (C=O) groups excluding carboxylic acids is 1. The van der Waals surface area contributed by atoms with Crippen molar-refractivity contribution in [2.75, 3.05) is 0 Å². The van der Waals surface area contributed by atoms with Gasteiger partial charge in [0, 0.05) is 11.1 Å². The van der Waals surface area contributed by atoms with Gasteiger partial charge in [0.15, 0.2) is 0 Å². The molecule has 0 amide bonds. The quantitative estimate of drug-likeness (QED) is 0.780. The Morgan fingerprint density at radius 1 is 1.18 bits per heavy atom. The number of alkyl halides is 6. The zero-order valence-corrected chi connectivity index (χ0v) is 10.3. The van der Waals surface area contributed by atoms with Crippen LogP contribution in [0.3, 0.4) is 0 Å². The number of aliphatic carboxylic acids is 1. The summed E-state index contributed by atoms with van der Waals surface area (Å²) in [5, 5.41) is 10.8. The molecule has 0 fully saturated rings. The van der Waals surface area contributed by atoms with E-state index in [1.54, 1.807) is 0 Å². The minimum atomic E-state index is -5.02. The van der Waals surface area contributed by atoms with Crippen LogP contribution in [-0.2, 0) is 4.79 Å². The number of carboxylic acid groups (broad SMARTS) is 1. The number of ether oxygens (including phenoxy) is 2. The maximum absolute atomic E-state index is 12.7. The van der Waals surface area contributed by atoms with E-state index in [4.69, 9.17) is 0 Å². The minimum Gasteiger partial charge on any atom is -0.545 e. The first-order valence-corrected chi connectivity index (χ1v) is 5.53. The van der Waals surface area contributed by atoms with Gasteiger partial charge in [0.05, 0.1) is 5.97 Å². The van der Waals surface area contributed by atoms with E-state index in [0.29, 0.717) is 12.1 Å². The highest BCUT2D eigenvalue weighted by atomic mass is 19.4. The second-order valence-corrected chi connectivity index (χ2v) is 4.17. The molecule has 0 N–H and O–H groups in total. The number of fused-ring (bicyclic) bond motifs is 1.